The number of amides is 1. The second-order valence-corrected chi connectivity index (χ2v) is 8.68. The maximum atomic E-state index is 12.9. The molecule has 1 fully saturated rings. The van der Waals surface area contributed by atoms with Gasteiger partial charge in [-0.15, -0.1) is 0 Å². The molecule has 0 aromatic heterocycles. The quantitative estimate of drug-likeness (QED) is 0.733. The van der Waals surface area contributed by atoms with Crippen LogP contribution in [0.3, 0.4) is 0 Å². The van der Waals surface area contributed by atoms with E-state index in [4.69, 9.17) is 21.1 Å². The minimum Gasteiger partial charge on any atom is -0.481 e. The fraction of sp³-hybridized carbons (Fsp3) is 0.619. The van der Waals surface area contributed by atoms with Gasteiger partial charge in [0.05, 0.1) is 12.0 Å². The average molecular weight is 412 g/mol. The van der Waals surface area contributed by atoms with E-state index in [1.807, 2.05) is 0 Å². The Balaban J connectivity index is 2.24. The number of hydrogen-bond donors (Lipinski definition) is 1. The third-order valence-corrected chi connectivity index (χ3v) is 5.25. The topological polar surface area (TPSA) is 76.1 Å². The summed E-state index contributed by atoms with van der Waals surface area (Å²) in [6.45, 7) is 5.46. The van der Waals surface area contributed by atoms with Crippen LogP contribution in [0.1, 0.15) is 57.9 Å². The predicted molar refractivity (Wildman–Crippen MR) is 108 cm³/mol. The van der Waals surface area contributed by atoms with E-state index in [2.05, 4.69) is 0 Å². The number of benzene rings is 1. The first-order chi connectivity index (χ1) is 13.1. The number of hydrogen-bond acceptors (Lipinski definition) is 4. The van der Waals surface area contributed by atoms with Gasteiger partial charge >= 0.3 is 12.1 Å². The maximum Gasteiger partial charge on any atom is 0.410 e. The van der Waals surface area contributed by atoms with Gasteiger partial charge in [0, 0.05) is 24.7 Å². The molecule has 0 bridgehead atoms. The number of rotatable bonds is 6. The van der Waals surface area contributed by atoms with Crippen LogP contribution in [0.25, 0.3) is 0 Å². The normalized spacial score (nSPS) is 21.0. The van der Waals surface area contributed by atoms with E-state index in [1.54, 1.807) is 57.0 Å². The van der Waals surface area contributed by atoms with Crippen LogP contribution in [0, 0.1) is 0 Å². The fourth-order valence-corrected chi connectivity index (χ4v) is 3.63. The van der Waals surface area contributed by atoms with Gasteiger partial charge in [-0.25, -0.2) is 4.79 Å². The van der Waals surface area contributed by atoms with Gasteiger partial charge in [-0.3, -0.25) is 4.79 Å². The average Bonchev–Trinajstić information content (AvgIpc) is 2.62. The number of nitrogens with zero attached hydrogens (tertiary/aromatic N) is 1. The van der Waals surface area contributed by atoms with Crippen molar-refractivity contribution in [2.45, 2.75) is 70.1 Å². The first-order valence-corrected chi connectivity index (χ1v) is 9.99. The summed E-state index contributed by atoms with van der Waals surface area (Å²) in [4.78, 5) is 26.5. The number of carbonyl (C=O) groups is 2. The molecule has 1 saturated carbocycles. The number of methoxy groups -OCH3 is 1. The lowest BCUT2D eigenvalue weighted by atomic mass is 9.90. The van der Waals surface area contributed by atoms with E-state index in [0.717, 1.165) is 25.7 Å². The molecule has 1 aromatic carbocycles. The Bertz CT molecular complexity index is 662. The molecule has 7 heteroatoms. The molecule has 1 atom stereocenters. The second kappa shape index (κ2) is 9.61. The van der Waals surface area contributed by atoms with Gasteiger partial charge in [-0.05, 0) is 64.2 Å². The standard InChI is InChI=1S/C21H30ClNO5/c1-21(2,3)28-20(26)23(16-9-11-17(27-4)12-10-16)13-18(19(24)25)14-5-7-15(22)8-6-14/h5-8,16-18H,9-13H2,1-4H3,(H,24,25)/t16?,17?,18-/m1/s1. The van der Waals surface area contributed by atoms with Crippen molar-refractivity contribution in [3.05, 3.63) is 34.9 Å². The number of ether oxygens (including phenoxy) is 2. The summed E-state index contributed by atoms with van der Waals surface area (Å²) in [6, 6.07) is 6.63. The van der Waals surface area contributed by atoms with Gasteiger partial charge in [0.15, 0.2) is 0 Å². The largest absolute Gasteiger partial charge is 0.481 e. The summed E-state index contributed by atoms with van der Waals surface area (Å²) in [5, 5.41) is 10.3. The van der Waals surface area contributed by atoms with E-state index in [0.29, 0.717) is 10.6 Å². The summed E-state index contributed by atoms with van der Waals surface area (Å²) in [5.41, 5.74) is -0.0473. The van der Waals surface area contributed by atoms with E-state index >= 15 is 0 Å². The highest BCUT2D eigenvalue weighted by Gasteiger charge is 2.35. The van der Waals surface area contributed by atoms with Crippen molar-refractivity contribution in [1.29, 1.82) is 0 Å². The summed E-state index contributed by atoms with van der Waals surface area (Å²) < 4.78 is 11.0. The Morgan fingerprint density at radius 3 is 2.21 bits per heavy atom. The molecule has 1 aliphatic carbocycles. The molecule has 1 aliphatic rings. The molecule has 1 N–H and O–H groups in total. The Morgan fingerprint density at radius 2 is 1.75 bits per heavy atom. The van der Waals surface area contributed by atoms with E-state index in [9.17, 15) is 14.7 Å². The van der Waals surface area contributed by atoms with Crippen LogP contribution in [0.15, 0.2) is 24.3 Å². The van der Waals surface area contributed by atoms with E-state index < -0.39 is 23.6 Å². The lowest BCUT2D eigenvalue weighted by Crippen LogP contribution is -2.48. The molecule has 0 aliphatic heterocycles. The summed E-state index contributed by atoms with van der Waals surface area (Å²) in [6.07, 6.45) is 2.88. The van der Waals surface area contributed by atoms with Crippen molar-refractivity contribution in [3.63, 3.8) is 0 Å². The third kappa shape index (κ3) is 6.38. The number of aliphatic carboxylic acids is 1. The molecule has 28 heavy (non-hydrogen) atoms. The first kappa shape index (κ1) is 22.5. The summed E-state index contributed by atoms with van der Waals surface area (Å²) >= 11 is 5.93. The second-order valence-electron chi connectivity index (χ2n) is 8.24. The lowest BCUT2D eigenvalue weighted by molar-refractivity contribution is -0.139. The Kier molecular flexibility index (Phi) is 7.72. The van der Waals surface area contributed by atoms with Gasteiger partial charge in [0.2, 0.25) is 0 Å². The van der Waals surface area contributed by atoms with Crippen molar-refractivity contribution < 1.29 is 24.2 Å². The number of carboxylic acid groups (broad SMARTS) is 1. The van der Waals surface area contributed by atoms with Gasteiger partial charge < -0.3 is 19.5 Å². The molecule has 0 radical (unpaired) electrons. The highest BCUT2D eigenvalue weighted by atomic mass is 35.5. The van der Waals surface area contributed by atoms with Crippen LogP contribution in [-0.4, -0.2) is 53.5 Å². The number of carboxylic acids is 1. The third-order valence-electron chi connectivity index (χ3n) is 5.00. The molecule has 156 valence electrons. The van der Waals surface area contributed by atoms with Crippen LogP contribution >= 0.6 is 11.6 Å². The zero-order valence-corrected chi connectivity index (χ0v) is 17.7. The lowest BCUT2D eigenvalue weighted by Gasteiger charge is -2.38. The highest BCUT2D eigenvalue weighted by Crippen LogP contribution is 2.29. The molecular weight excluding hydrogens is 382 g/mol. The van der Waals surface area contributed by atoms with Gasteiger partial charge in [-0.2, -0.15) is 0 Å². The van der Waals surface area contributed by atoms with Gasteiger partial charge in [-0.1, -0.05) is 23.7 Å². The summed E-state index contributed by atoms with van der Waals surface area (Å²) in [7, 11) is 1.69. The molecule has 2 rings (SSSR count). The smallest absolute Gasteiger partial charge is 0.410 e. The van der Waals surface area contributed by atoms with Gasteiger partial charge in [0.1, 0.15) is 5.60 Å². The molecule has 1 aromatic rings. The van der Waals surface area contributed by atoms with Gasteiger partial charge in [0.25, 0.3) is 0 Å². The summed E-state index contributed by atoms with van der Waals surface area (Å²) in [5.74, 6) is -1.84. The molecule has 1 amide bonds. The highest BCUT2D eigenvalue weighted by molar-refractivity contribution is 6.30. The van der Waals surface area contributed by atoms with Crippen LogP contribution in [0.4, 0.5) is 4.79 Å². The molecule has 0 unspecified atom stereocenters. The number of carbonyl (C=O) groups excluding carboxylic acids is 1. The van der Waals surface area contributed by atoms with E-state index in [-0.39, 0.29) is 18.7 Å². The van der Waals surface area contributed by atoms with Crippen molar-refractivity contribution in [3.8, 4) is 0 Å². The Labute approximate surface area is 171 Å². The zero-order chi connectivity index (χ0) is 20.9. The Morgan fingerprint density at radius 1 is 1.18 bits per heavy atom. The fourth-order valence-electron chi connectivity index (χ4n) is 3.50. The Hall–Kier alpha value is -1.79. The number of halogens is 1. The predicted octanol–water partition coefficient (Wildman–Crippen LogP) is 4.70. The molecule has 0 heterocycles. The first-order valence-electron chi connectivity index (χ1n) is 9.61. The van der Waals surface area contributed by atoms with Crippen molar-refractivity contribution in [1.82, 2.24) is 4.90 Å². The van der Waals surface area contributed by atoms with Crippen molar-refractivity contribution in [2.75, 3.05) is 13.7 Å². The van der Waals surface area contributed by atoms with Crippen molar-refractivity contribution in [2.24, 2.45) is 0 Å². The van der Waals surface area contributed by atoms with E-state index in [1.165, 1.54) is 0 Å². The van der Waals surface area contributed by atoms with Crippen LogP contribution < -0.4 is 0 Å². The minimum atomic E-state index is -0.985. The molecule has 0 spiro atoms. The minimum absolute atomic E-state index is 0.0498. The zero-order valence-electron chi connectivity index (χ0n) is 17.0. The molecule has 6 nitrogen and oxygen atoms in total. The molecule has 0 saturated heterocycles. The van der Waals surface area contributed by atoms with Crippen LogP contribution in [0.5, 0.6) is 0 Å². The SMILES string of the molecule is COC1CCC(N(C[C@@H](C(=O)O)c2ccc(Cl)cc2)C(=O)OC(C)(C)C)CC1. The molecular formula is C21H30ClNO5. The van der Waals surface area contributed by atoms with Crippen LogP contribution in [-0.2, 0) is 14.3 Å². The monoisotopic (exact) mass is 411 g/mol. The maximum absolute atomic E-state index is 12.9. The van der Waals surface area contributed by atoms with Crippen LogP contribution in [0.2, 0.25) is 5.02 Å². The van der Waals surface area contributed by atoms with Crippen molar-refractivity contribution >= 4 is 23.7 Å².